The molecule has 4 nitrogen and oxygen atoms in total. The lowest BCUT2D eigenvalue weighted by Crippen LogP contribution is -2.45. The number of thiocarbonyl (C=S) groups is 1. The van der Waals surface area contributed by atoms with Crippen molar-refractivity contribution >= 4 is 44.9 Å². The van der Waals surface area contributed by atoms with Gasteiger partial charge in [-0.3, -0.25) is 0 Å². The number of nitrogens with zero attached hydrogens (tertiary/aromatic N) is 1. The van der Waals surface area contributed by atoms with Crippen molar-refractivity contribution in [1.29, 1.82) is 0 Å². The van der Waals surface area contributed by atoms with Crippen molar-refractivity contribution in [3.8, 4) is 0 Å². The normalized spacial score (nSPS) is 19.0. The zero-order chi connectivity index (χ0) is 15.8. The van der Waals surface area contributed by atoms with Gasteiger partial charge in [0.2, 0.25) is 0 Å². The van der Waals surface area contributed by atoms with E-state index in [1.165, 1.54) is 0 Å². The summed E-state index contributed by atoms with van der Waals surface area (Å²) < 4.78 is 6.20. The van der Waals surface area contributed by atoms with Crippen LogP contribution in [0.5, 0.6) is 0 Å². The molecule has 2 N–H and O–H groups in total. The first-order chi connectivity index (χ1) is 9.68. The van der Waals surface area contributed by atoms with E-state index in [2.05, 4.69) is 41.6 Å². The highest BCUT2D eigenvalue weighted by Gasteiger charge is 2.33. The standard InChI is InChI=1S/C15H19BrN2O2S/c1-15(2,3)18-12-5-4-10(16)6-9(12)7-11(8-13(18)21)20-14(17)19/h4-6,11H,7-8H2,1-3H3,(H2,17,19). The molecule has 6 heteroatoms. The van der Waals surface area contributed by atoms with Crippen molar-refractivity contribution in [2.75, 3.05) is 4.90 Å². The molecule has 0 fully saturated rings. The number of carbonyl (C=O) groups is 1. The third kappa shape index (κ3) is 3.74. The average Bonchev–Trinajstić information content (AvgIpc) is 2.42. The topological polar surface area (TPSA) is 55.6 Å². The fourth-order valence-corrected chi connectivity index (χ4v) is 3.62. The SMILES string of the molecule is CC(C)(C)N1C(=S)CC(OC(N)=O)Cc2cc(Br)ccc21. The van der Waals surface area contributed by atoms with Crippen LogP contribution in [0.25, 0.3) is 0 Å². The van der Waals surface area contributed by atoms with Crippen molar-refractivity contribution in [1.82, 2.24) is 0 Å². The van der Waals surface area contributed by atoms with E-state index in [4.69, 9.17) is 22.7 Å². The Morgan fingerprint density at radius 2 is 2.10 bits per heavy atom. The van der Waals surface area contributed by atoms with E-state index in [9.17, 15) is 4.79 Å². The first kappa shape index (κ1) is 16.2. The van der Waals surface area contributed by atoms with Gasteiger partial charge >= 0.3 is 6.09 Å². The summed E-state index contributed by atoms with van der Waals surface area (Å²) >= 11 is 9.07. The first-order valence-corrected chi connectivity index (χ1v) is 7.96. The number of hydrogen-bond donors (Lipinski definition) is 1. The Kier molecular flexibility index (Phi) is 4.58. The molecule has 1 aliphatic rings. The van der Waals surface area contributed by atoms with Crippen LogP contribution in [0.4, 0.5) is 10.5 Å². The van der Waals surface area contributed by atoms with Gasteiger partial charge in [0.25, 0.3) is 0 Å². The number of primary amides is 1. The number of halogens is 1. The molecule has 1 aromatic rings. The second-order valence-corrected chi connectivity index (χ2v) is 7.53. The van der Waals surface area contributed by atoms with Crippen molar-refractivity contribution in [3.05, 3.63) is 28.2 Å². The molecule has 1 atom stereocenters. The molecule has 0 aliphatic carbocycles. The number of anilines is 1. The minimum absolute atomic E-state index is 0.152. The smallest absolute Gasteiger partial charge is 0.404 e. The minimum Gasteiger partial charge on any atom is -0.446 e. The van der Waals surface area contributed by atoms with Crippen LogP contribution in [-0.4, -0.2) is 22.7 Å². The van der Waals surface area contributed by atoms with Crippen LogP contribution >= 0.6 is 28.1 Å². The number of hydrogen-bond acceptors (Lipinski definition) is 3. The number of nitrogens with two attached hydrogens (primary N) is 1. The molecule has 0 bridgehead atoms. The number of rotatable bonds is 1. The lowest BCUT2D eigenvalue weighted by atomic mass is 10.0. The molecule has 114 valence electrons. The van der Waals surface area contributed by atoms with Crippen LogP contribution in [0.15, 0.2) is 22.7 Å². The Hall–Kier alpha value is -1.14. The maximum atomic E-state index is 11.1. The highest BCUT2D eigenvalue weighted by atomic mass is 79.9. The molecule has 1 heterocycles. The number of carbonyl (C=O) groups excluding carboxylic acids is 1. The first-order valence-electron chi connectivity index (χ1n) is 6.76. The number of amides is 1. The summed E-state index contributed by atoms with van der Waals surface area (Å²) in [5, 5.41) is 0. The highest BCUT2D eigenvalue weighted by molar-refractivity contribution is 9.10. The number of fused-ring (bicyclic) bond motifs is 1. The molecule has 21 heavy (non-hydrogen) atoms. The van der Waals surface area contributed by atoms with E-state index in [-0.39, 0.29) is 11.6 Å². The predicted octanol–water partition coefficient (Wildman–Crippen LogP) is 3.79. The zero-order valence-corrected chi connectivity index (χ0v) is 14.8. The Labute approximate surface area is 138 Å². The van der Waals surface area contributed by atoms with Crippen LogP contribution in [0.2, 0.25) is 0 Å². The Balaban J connectivity index is 2.49. The van der Waals surface area contributed by atoms with Gasteiger partial charge in [-0.2, -0.15) is 0 Å². The van der Waals surface area contributed by atoms with Crippen LogP contribution < -0.4 is 10.6 Å². The molecule has 0 saturated heterocycles. The Morgan fingerprint density at radius 1 is 1.43 bits per heavy atom. The third-order valence-corrected chi connectivity index (χ3v) is 4.18. The van der Waals surface area contributed by atoms with Crippen LogP contribution in [0, 0.1) is 0 Å². The maximum absolute atomic E-state index is 11.1. The van der Waals surface area contributed by atoms with E-state index in [0.717, 1.165) is 20.7 Å². The van der Waals surface area contributed by atoms with Gasteiger partial charge in [-0.25, -0.2) is 4.79 Å². The second-order valence-electron chi connectivity index (χ2n) is 6.14. The fourth-order valence-electron chi connectivity index (χ4n) is 2.66. The van der Waals surface area contributed by atoms with Gasteiger partial charge in [0, 0.05) is 28.5 Å². The molecule has 1 aromatic carbocycles. The maximum Gasteiger partial charge on any atom is 0.404 e. The number of ether oxygens (including phenoxy) is 1. The summed E-state index contributed by atoms with van der Waals surface area (Å²) in [6.07, 6.45) is 0.0191. The van der Waals surface area contributed by atoms with Gasteiger partial charge in [-0.1, -0.05) is 28.1 Å². The van der Waals surface area contributed by atoms with E-state index in [1.807, 2.05) is 18.2 Å². The van der Waals surface area contributed by atoms with Crippen LogP contribution in [0.3, 0.4) is 0 Å². The molecule has 0 radical (unpaired) electrons. The quantitative estimate of drug-likeness (QED) is 0.764. The summed E-state index contributed by atoms with van der Waals surface area (Å²) in [6.45, 7) is 6.33. The molecular weight excluding hydrogens is 352 g/mol. The highest BCUT2D eigenvalue weighted by Crippen LogP contribution is 2.35. The summed E-state index contributed by atoms with van der Waals surface area (Å²) in [4.78, 5) is 14.0. The van der Waals surface area contributed by atoms with Gasteiger partial charge in [0.05, 0.1) is 4.99 Å². The van der Waals surface area contributed by atoms with Gasteiger partial charge in [0.1, 0.15) is 6.10 Å². The van der Waals surface area contributed by atoms with Crippen molar-refractivity contribution in [3.63, 3.8) is 0 Å². The van der Waals surface area contributed by atoms with Crippen LogP contribution in [0.1, 0.15) is 32.8 Å². The molecule has 1 aliphatic heterocycles. The summed E-state index contributed by atoms with van der Waals surface area (Å²) in [5.74, 6) is 0. The Bertz CT molecular complexity index is 584. The van der Waals surface area contributed by atoms with Crippen molar-refractivity contribution in [2.24, 2.45) is 5.73 Å². The molecule has 1 unspecified atom stereocenters. The van der Waals surface area contributed by atoms with Crippen LogP contribution in [-0.2, 0) is 11.2 Å². The predicted molar refractivity (Wildman–Crippen MR) is 91.7 cm³/mol. The molecule has 2 rings (SSSR count). The third-order valence-electron chi connectivity index (χ3n) is 3.34. The van der Waals surface area contributed by atoms with Gasteiger partial charge < -0.3 is 15.4 Å². The van der Waals surface area contributed by atoms with E-state index < -0.39 is 6.09 Å². The summed E-state index contributed by atoms with van der Waals surface area (Å²) in [6, 6.07) is 6.08. The molecular formula is C15H19BrN2O2S. The molecule has 0 aromatic heterocycles. The zero-order valence-electron chi connectivity index (χ0n) is 12.4. The van der Waals surface area contributed by atoms with Gasteiger partial charge in [-0.15, -0.1) is 0 Å². The van der Waals surface area contributed by atoms with Crippen molar-refractivity contribution < 1.29 is 9.53 Å². The molecule has 1 amide bonds. The summed E-state index contributed by atoms with van der Waals surface area (Å²) in [5.41, 5.74) is 7.16. The van der Waals surface area contributed by atoms with E-state index >= 15 is 0 Å². The van der Waals surface area contributed by atoms with E-state index in [0.29, 0.717) is 12.8 Å². The lowest BCUT2D eigenvalue weighted by molar-refractivity contribution is 0.111. The Morgan fingerprint density at radius 3 is 2.67 bits per heavy atom. The monoisotopic (exact) mass is 370 g/mol. The number of benzene rings is 1. The average molecular weight is 371 g/mol. The van der Waals surface area contributed by atoms with Crippen molar-refractivity contribution in [2.45, 2.75) is 45.3 Å². The molecule has 0 spiro atoms. The molecule has 0 saturated carbocycles. The lowest BCUT2D eigenvalue weighted by Gasteiger charge is -2.38. The summed E-state index contributed by atoms with van der Waals surface area (Å²) in [7, 11) is 0. The van der Waals surface area contributed by atoms with Gasteiger partial charge in [-0.05, 0) is 44.5 Å². The van der Waals surface area contributed by atoms with E-state index in [1.54, 1.807) is 0 Å². The largest absolute Gasteiger partial charge is 0.446 e. The minimum atomic E-state index is -0.761. The van der Waals surface area contributed by atoms with Gasteiger partial charge in [0.15, 0.2) is 0 Å². The second kappa shape index (κ2) is 5.93. The fraction of sp³-hybridized carbons (Fsp3) is 0.467.